The summed E-state index contributed by atoms with van der Waals surface area (Å²) in [6, 6.07) is 28.7. The fourth-order valence-corrected chi connectivity index (χ4v) is 7.50. The maximum Gasteiger partial charge on any atom is 0.314 e. The Morgan fingerprint density at radius 2 is 1.36 bits per heavy atom. The molecule has 0 radical (unpaired) electrons. The lowest BCUT2D eigenvalue weighted by Gasteiger charge is -2.43. The van der Waals surface area contributed by atoms with Gasteiger partial charge in [0.2, 0.25) is 5.91 Å². The minimum absolute atomic E-state index is 0.0698. The quantitative estimate of drug-likeness (QED) is 0.109. The highest BCUT2D eigenvalue weighted by molar-refractivity contribution is 6.22. The molecule has 2 aliphatic rings. The SMILES string of the molecule is CCC(CC)(C(=O)OCc1ccccc1)[C@H]1CC[C@@H](c2cccc(F)c2)N1C(=O)[C@@H](COCc1ccccc1)N1C(=O)c2ccccc2C1=O. The van der Waals surface area contributed by atoms with Gasteiger partial charge in [-0.25, -0.2) is 4.39 Å². The molecule has 2 aliphatic heterocycles. The Morgan fingerprint density at radius 3 is 1.94 bits per heavy atom. The Kier molecular flexibility index (Phi) is 10.5. The van der Waals surface area contributed by atoms with Crippen molar-refractivity contribution in [1.29, 1.82) is 0 Å². The van der Waals surface area contributed by atoms with Crippen LogP contribution < -0.4 is 0 Å². The first kappa shape index (κ1) is 34.7. The predicted molar refractivity (Wildman–Crippen MR) is 185 cm³/mol. The van der Waals surface area contributed by atoms with Crippen LogP contribution in [0.1, 0.15) is 83.0 Å². The van der Waals surface area contributed by atoms with E-state index in [9.17, 15) is 18.8 Å². The number of carbonyl (C=O) groups excluding carboxylic acids is 4. The molecular weight excluding hydrogens is 635 g/mol. The van der Waals surface area contributed by atoms with Crippen LogP contribution in [0.25, 0.3) is 0 Å². The Hall–Kier alpha value is -5.15. The predicted octanol–water partition coefficient (Wildman–Crippen LogP) is 7.29. The number of carbonyl (C=O) groups is 4. The molecule has 4 aromatic rings. The Balaban J connectivity index is 1.39. The standard InChI is InChI=1S/C41H41FN2O6/c1-3-41(4-2,40(48)50-26-29-16-9-6-10-17-29)36-23-22-34(30-18-13-19-31(42)24-30)43(36)39(47)35(27-49-25-28-14-7-5-8-15-28)44-37(45)32-20-11-12-21-33(32)38(44)46/h5-21,24,34-36H,3-4,22-23,25-27H2,1-2H3/t34-,35+,36+/m0/s1. The number of hydrogen-bond donors (Lipinski definition) is 0. The highest BCUT2D eigenvalue weighted by atomic mass is 19.1. The number of esters is 1. The van der Waals surface area contributed by atoms with Crippen molar-refractivity contribution in [2.75, 3.05) is 6.61 Å². The maximum absolute atomic E-state index is 15.2. The lowest BCUT2D eigenvalue weighted by molar-refractivity contribution is -0.165. The third-order valence-electron chi connectivity index (χ3n) is 10.2. The van der Waals surface area contributed by atoms with Gasteiger partial charge in [0.25, 0.3) is 11.8 Å². The average molecular weight is 677 g/mol. The molecule has 3 amide bonds. The second-order valence-electron chi connectivity index (χ2n) is 12.9. The zero-order valence-corrected chi connectivity index (χ0v) is 28.3. The Morgan fingerprint density at radius 1 is 0.780 bits per heavy atom. The van der Waals surface area contributed by atoms with Gasteiger partial charge in [-0.3, -0.25) is 24.1 Å². The van der Waals surface area contributed by atoms with Crippen LogP contribution in [-0.2, 0) is 32.3 Å². The summed E-state index contributed by atoms with van der Waals surface area (Å²) in [6.45, 7) is 3.73. The topological polar surface area (TPSA) is 93.2 Å². The van der Waals surface area contributed by atoms with Crippen LogP contribution in [-0.4, -0.2) is 52.2 Å². The molecular formula is C41H41FN2O6. The van der Waals surface area contributed by atoms with Gasteiger partial charge in [0.1, 0.15) is 18.5 Å². The molecule has 1 saturated heterocycles. The number of nitrogens with zero attached hydrogens (tertiary/aromatic N) is 2. The van der Waals surface area contributed by atoms with Crippen molar-refractivity contribution in [2.45, 2.75) is 70.9 Å². The van der Waals surface area contributed by atoms with Crippen LogP contribution in [0.2, 0.25) is 0 Å². The van der Waals surface area contributed by atoms with Crippen LogP contribution in [0, 0.1) is 11.2 Å². The minimum atomic E-state index is -1.35. The van der Waals surface area contributed by atoms with Gasteiger partial charge in [0.05, 0.1) is 35.8 Å². The normalized spacial score (nSPS) is 17.9. The summed E-state index contributed by atoms with van der Waals surface area (Å²) in [5.74, 6) is -2.63. The van der Waals surface area contributed by atoms with Gasteiger partial charge in [0, 0.05) is 6.04 Å². The number of halogens is 1. The molecule has 0 unspecified atom stereocenters. The number of likely N-dealkylation sites (tertiary alicyclic amines) is 1. The van der Waals surface area contributed by atoms with E-state index in [0.29, 0.717) is 31.2 Å². The van der Waals surface area contributed by atoms with Gasteiger partial charge >= 0.3 is 5.97 Å². The highest BCUT2D eigenvalue weighted by Crippen LogP contribution is 2.48. The van der Waals surface area contributed by atoms with Crippen molar-refractivity contribution >= 4 is 23.7 Å². The van der Waals surface area contributed by atoms with E-state index in [1.165, 1.54) is 12.1 Å². The monoisotopic (exact) mass is 676 g/mol. The summed E-state index contributed by atoms with van der Waals surface area (Å²) < 4.78 is 26.7. The van der Waals surface area contributed by atoms with Crippen LogP contribution in [0.15, 0.2) is 109 Å². The second-order valence-corrected chi connectivity index (χ2v) is 12.9. The highest BCUT2D eigenvalue weighted by Gasteiger charge is 2.55. The Labute approximate surface area is 291 Å². The van der Waals surface area contributed by atoms with Gasteiger partial charge in [-0.15, -0.1) is 0 Å². The first-order chi connectivity index (χ1) is 24.3. The van der Waals surface area contributed by atoms with E-state index < -0.39 is 53.0 Å². The molecule has 4 aromatic carbocycles. The summed E-state index contributed by atoms with van der Waals surface area (Å²) in [5.41, 5.74) is 1.54. The summed E-state index contributed by atoms with van der Waals surface area (Å²) >= 11 is 0. The molecule has 1 fully saturated rings. The fraction of sp³-hybridized carbons (Fsp3) is 0.317. The third kappa shape index (κ3) is 6.70. The molecule has 2 heterocycles. The van der Waals surface area contributed by atoms with Crippen LogP contribution >= 0.6 is 0 Å². The van der Waals surface area contributed by atoms with Gasteiger partial charge in [-0.05, 0) is 66.6 Å². The number of hydrogen-bond acceptors (Lipinski definition) is 6. The van der Waals surface area contributed by atoms with Gasteiger partial charge in [-0.2, -0.15) is 0 Å². The van der Waals surface area contributed by atoms with Crippen LogP contribution in [0.4, 0.5) is 4.39 Å². The first-order valence-electron chi connectivity index (χ1n) is 17.2. The minimum Gasteiger partial charge on any atom is -0.460 e. The lowest BCUT2D eigenvalue weighted by Crippen LogP contribution is -2.58. The van der Waals surface area contributed by atoms with E-state index in [2.05, 4.69) is 0 Å². The summed E-state index contributed by atoms with van der Waals surface area (Å²) in [4.78, 5) is 59.8. The summed E-state index contributed by atoms with van der Waals surface area (Å²) in [6.07, 6.45) is 1.59. The molecule has 6 rings (SSSR count). The summed E-state index contributed by atoms with van der Waals surface area (Å²) in [5, 5.41) is 0. The van der Waals surface area contributed by atoms with E-state index in [4.69, 9.17) is 9.47 Å². The largest absolute Gasteiger partial charge is 0.460 e. The summed E-state index contributed by atoms with van der Waals surface area (Å²) in [7, 11) is 0. The maximum atomic E-state index is 15.2. The van der Waals surface area contributed by atoms with Crippen molar-refractivity contribution in [1.82, 2.24) is 9.80 Å². The molecule has 0 saturated carbocycles. The zero-order valence-electron chi connectivity index (χ0n) is 28.3. The van der Waals surface area contributed by atoms with Crippen molar-refractivity contribution in [3.05, 3.63) is 143 Å². The number of rotatable bonds is 13. The van der Waals surface area contributed by atoms with Gasteiger partial charge < -0.3 is 14.4 Å². The molecule has 50 heavy (non-hydrogen) atoms. The smallest absolute Gasteiger partial charge is 0.314 e. The third-order valence-corrected chi connectivity index (χ3v) is 10.2. The average Bonchev–Trinajstić information content (AvgIpc) is 3.70. The Bertz CT molecular complexity index is 1810. The number of amides is 3. The lowest BCUT2D eigenvalue weighted by atomic mass is 9.74. The molecule has 0 aliphatic carbocycles. The van der Waals surface area contributed by atoms with Gasteiger partial charge in [-0.1, -0.05) is 98.8 Å². The molecule has 0 aromatic heterocycles. The van der Waals surface area contributed by atoms with E-state index in [0.717, 1.165) is 16.0 Å². The number of imide groups is 1. The van der Waals surface area contributed by atoms with E-state index >= 15 is 4.79 Å². The van der Waals surface area contributed by atoms with Crippen LogP contribution in [0.5, 0.6) is 0 Å². The first-order valence-corrected chi connectivity index (χ1v) is 17.2. The molecule has 258 valence electrons. The fourth-order valence-electron chi connectivity index (χ4n) is 7.50. The molecule has 9 heteroatoms. The van der Waals surface area contributed by atoms with Crippen molar-refractivity contribution in [3.63, 3.8) is 0 Å². The molecule has 0 spiro atoms. The van der Waals surface area contributed by atoms with Crippen molar-refractivity contribution < 1.29 is 33.0 Å². The number of fused-ring (bicyclic) bond motifs is 1. The van der Waals surface area contributed by atoms with Crippen LogP contribution in [0.3, 0.4) is 0 Å². The molecule has 0 N–H and O–H groups in total. The number of ether oxygens (including phenoxy) is 2. The van der Waals surface area contributed by atoms with Crippen molar-refractivity contribution in [2.24, 2.45) is 5.41 Å². The second kappa shape index (κ2) is 15.2. The van der Waals surface area contributed by atoms with E-state index in [1.54, 1.807) is 41.3 Å². The van der Waals surface area contributed by atoms with Crippen molar-refractivity contribution in [3.8, 4) is 0 Å². The number of benzene rings is 4. The van der Waals surface area contributed by atoms with Gasteiger partial charge in [0.15, 0.2) is 0 Å². The molecule has 8 nitrogen and oxygen atoms in total. The zero-order chi connectivity index (χ0) is 35.3. The molecule has 0 bridgehead atoms. The van der Waals surface area contributed by atoms with E-state index in [1.807, 2.05) is 74.5 Å². The molecule has 3 atom stereocenters. The van der Waals surface area contributed by atoms with E-state index in [-0.39, 0.29) is 30.9 Å².